The van der Waals surface area contributed by atoms with E-state index in [1.165, 1.54) is 11.8 Å². The Hall–Kier alpha value is -3.58. The fourth-order valence-electron chi connectivity index (χ4n) is 3.27. The molecule has 1 fully saturated rings. The van der Waals surface area contributed by atoms with E-state index in [9.17, 15) is 9.59 Å². The second-order valence-corrected chi connectivity index (χ2v) is 8.28. The van der Waals surface area contributed by atoms with Crippen LogP contribution in [0.25, 0.3) is 0 Å². The Kier molecular flexibility index (Phi) is 6.87. The summed E-state index contributed by atoms with van der Waals surface area (Å²) in [5.74, 6) is 1.01. The zero-order chi connectivity index (χ0) is 22.3. The van der Waals surface area contributed by atoms with Crippen molar-refractivity contribution in [1.29, 1.82) is 0 Å². The lowest BCUT2D eigenvalue weighted by molar-refractivity contribution is -0.128. The van der Waals surface area contributed by atoms with Gasteiger partial charge >= 0.3 is 0 Å². The molecule has 0 aliphatic carbocycles. The van der Waals surface area contributed by atoms with E-state index in [0.717, 1.165) is 5.69 Å². The zero-order valence-electron chi connectivity index (χ0n) is 17.6. The molecular weight excluding hydrogens is 422 g/mol. The van der Waals surface area contributed by atoms with Gasteiger partial charge in [-0.15, -0.1) is 0 Å². The third-order valence-corrected chi connectivity index (χ3v) is 5.96. The molecule has 162 valence electrons. The summed E-state index contributed by atoms with van der Waals surface area (Å²) in [5.41, 5.74) is 1.39. The number of carbonyl (C=O) groups excluding carboxylic acids is 2. The molecule has 0 spiro atoms. The minimum Gasteiger partial charge on any atom is -0.457 e. The molecule has 0 aromatic heterocycles. The average molecular weight is 446 g/mol. The molecule has 1 unspecified atom stereocenters. The van der Waals surface area contributed by atoms with Crippen molar-refractivity contribution in [2.75, 3.05) is 11.9 Å². The van der Waals surface area contributed by atoms with Crippen LogP contribution in [0, 0.1) is 0 Å². The van der Waals surface area contributed by atoms with Crippen LogP contribution in [0.4, 0.5) is 11.4 Å². The van der Waals surface area contributed by atoms with Crippen LogP contribution in [0.5, 0.6) is 11.5 Å². The molecule has 0 radical (unpaired) electrons. The predicted octanol–water partition coefficient (Wildman–Crippen LogP) is 5.46. The molecule has 1 N–H and O–H groups in total. The lowest BCUT2D eigenvalue weighted by Crippen LogP contribution is -2.33. The maximum atomic E-state index is 12.8. The number of rotatable bonds is 7. The van der Waals surface area contributed by atoms with Gasteiger partial charge in [0.1, 0.15) is 16.7 Å². The van der Waals surface area contributed by atoms with E-state index in [0.29, 0.717) is 28.9 Å². The van der Waals surface area contributed by atoms with Gasteiger partial charge in [0.2, 0.25) is 11.8 Å². The summed E-state index contributed by atoms with van der Waals surface area (Å²) >= 11 is 1.33. The molecule has 3 aromatic rings. The van der Waals surface area contributed by atoms with Crippen molar-refractivity contribution in [3.8, 4) is 11.5 Å². The number of benzene rings is 3. The van der Waals surface area contributed by atoms with Gasteiger partial charge in [-0.1, -0.05) is 54.2 Å². The number of amides is 2. The lowest BCUT2D eigenvalue weighted by Gasteiger charge is -2.13. The van der Waals surface area contributed by atoms with Crippen molar-refractivity contribution < 1.29 is 14.3 Å². The van der Waals surface area contributed by atoms with Gasteiger partial charge in [0, 0.05) is 24.7 Å². The van der Waals surface area contributed by atoms with Crippen molar-refractivity contribution >= 4 is 40.1 Å². The summed E-state index contributed by atoms with van der Waals surface area (Å²) in [4.78, 5) is 31.7. The fourth-order valence-corrected chi connectivity index (χ4v) is 4.49. The molecule has 0 saturated carbocycles. The second kappa shape index (κ2) is 10.2. The maximum Gasteiger partial charge on any atom is 0.242 e. The largest absolute Gasteiger partial charge is 0.457 e. The summed E-state index contributed by atoms with van der Waals surface area (Å²) in [6.07, 6.45) is 0.0670. The number of para-hydroxylation sites is 2. The summed E-state index contributed by atoms with van der Waals surface area (Å²) < 4.78 is 5.82. The number of hydrogen-bond donors (Lipinski definition) is 1. The van der Waals surface area contributed by atoms with Crippen molar-refractivity contribution in [1.82, 2.24) is 4.90 Å². The number of nitrogens with zero attached hydrogens (tertiary/aromatic N) is 2. The van der Waals surface area contributed by atoms with Crippen LogP contribution in [0.15, 0.2) is 89.9 Å². The SMILES string of the molecule is CCN1C(=O)C(CC(=O)Nc2cccc(Oc3ccccc3)c2)SC1=Nc1ccccc1. The molecule has 0 bridgehead atoms. The highest BCUT2D eigenvalue weighted by Crippen LogP contribution is 2.32. The number of thioether (sulfide) groups is 1. The van der Waals surface area contributed by atoms with Gasteiger partial charge in [-0.05, 0) is 43.3 Å². The Morgan fingerprint density at radius 3 is 2.41 bits per heavy atom. The molecule has 1 aliphatic rings. The van der Waals surface area contributed by atoms with Crippen LogP contribution < -0.4 is 10.1 Å². The number of hydrogen-bond acceptors (Lipinski definition) is 5. The Balaban J connectivity index is 1.40. The molecular formula is C25H23N3O3S. The highest BCUT2D eigenvalue weighted by atomic mass is 32.2. The van der Waals surface area contributed by atoms with E-state index >= 15 is 0 Å². The number of aliphatic imine (C=N–C) groups is 1. The number of amidine groups is 1. The standard InChI is InChI=1S/C25H23N3O3S/c1-2-28-24(30)22(32-25(28)27-18-10-5-3-6-11-18)17-23(29)26-19-12-9-15-21(16-19)31-20-13-7-4-8-14-20/h3-16,22H,2,17H2,1H3,(H,26,29). The Labute approximate surface area is 191 Å². The van der Waals surface area contributed by atoms with E-state index in [1.54, 1.807) is 17.0 Å². The number of nitrogens with one attached hydrogen (secondary N) is 1. The van der Waals surface area contributed by atoms with Gasteiger partial charge in [-0.25, -0.2) is 4.99 Å². The van der Waals surface area contributed by atoms with Crippen LogP contribution >= 0.6 is 11.8 Å². The van der Waals surface area contributed by atoms with Crippen molar-refractivity contribution in [2.45, 2.75) is 18.6 Å². The first kappa shape index (κ1) is 21.6. The molecule has 3 aromatic carbocycles. The molecule has 6 nitrogen and oxygen atoms in total. The topological polar surface area (TPSA) is 71.0 Å². The van der Waals surface area contributed by atoms with Gasteiger partial charge < -0.3 is 10.1 Å². The summed E-state index contributed by atoms with van der Waals surface area (Å²) in [7, 11) is 0. The summed E-state index contributed by atoms with van der Waals surface area (Å²) in [5, 5.41) is 3.00. The van der Waals surface area contributed by atoms with Gasteiger partial charge in [-0.3, -0.25) is 14.5 Å². The van der Waals surface area contributed by atoms with E-state index < -0.39 is 5.25 Å². The summed E-state index contributed by atoms with van der Waals surface area (Å²) in [6, 6.07) is 26.1. The molecule has 1 atom stereocenters. The normalized spacial score (nSPS) is 16.9. The molecule has 1 aliphatic heterocycles. The number of anilines is 1. The maximum absolute atomic E-state index is 12.8. The molecule has 7 heteroatoms. The first-order chi connectivity index (χ1) is 15.6. The van der Waals surface area contributed by atoms with Crippen molar-refractivity contribution in [3.63, 3.8) is 0 Å². The number of carbonyl (C=O) groups is 2. The monoisotopic (exact) mass is 445 g/mol. The van der Waals surface area contributed by atoms with Crippen LogP contribution in [0.2, 0.25) is 0 Å². The highest BCUT2D eigenvalue weighted by Gasteiger charge is 2.38. The van der Waals surface area contributed by atoms with E-state index in [1.807, 2.05) is 79.7 Å². The highest BCUT2D eigenvalue weighted by molar-refractivity contribution is 8.15. The first-order valence-corrected chi connectivity index (χ1v) is 11.2. The molecule has 1 heterocycles. The minimum absolute atomic E-state index is 0.0670. The Bertz CT molecular complexity index is 1120. The first-order valence-electron chi connectivity index (χ1n) is 10.4. The molecule has 32 heavy (non-hydrogen) atoms. The van der Waals surface area contributed by atoms with Gasteiger partial charge in [0.15, 0.2) is 5.17 Å². The predicted molar refractivity (Wildman–Crippen MR) is 129 cm³/mol. The second-order valence-electron chi connectivity index (χ2n) is 7.11. The third kappa shape index (κ3) is 5.36. The molecule has 2 amide bonds. The van der Waals surface area contributed by atoms with Crippen LogP contribution in [-0.4, -0.2) is 33.7 Å². The van der Waals surface area contributed by atoms with Crippen LogP contribution in [0.1, 0.15) is 13.3 Å². The van der Waals surface area contributed by atoms with E-state index in [2.05, 4.69) is 10.3 Å². The third-order valence-electron chi connectivity index (χ3n) is 4.78. The lowest BCUT2D eigenvalue weighted by atomic mass is 10.2. The Morgan fingerprint density at radius 1 is 1.00 bits per heavy atom. The zero-order valence-corrected chi connectivity index (χ0v) is 18.4. The molecule has 1 saturated heterocycles. The van der Waals surface area contributed by atoms with Gasteiger partial charge in [-0.2, -0.15) is 0 Å². The minimum atomic E-state index is -0.499. The fraction of sp³-hybridized carbons (Fsp3) is 0.160. The van der Waals surface area contributed by atoms with Crippen LogP contribution in [0.3, 0.4) is 0 Å². The van der Waals surface area contributed by atoms with E-state index in [4.69, 9.17) is 4.74 Å². The molecule has 4 rings (SSSR count). The van der Waals surface area contributed by atoms with Gasteiger partial charge in [0.05, 0.1) is 5.69 Å². The van der Waals surface area contributed by atoms with Crippen molar-refractivity contribution in [3.05, 3.63) is 84.9 Å². The van der Waals surface area contributed by atoms with E-state index in [-0.39, 0.29) is 18.2 Å². The smallest absolute Gasteiger partial charge is 0.242 e. The Morgan fingerprint density at radius 2 is 1.69 bits per heavy atom. The van der Waals surface area contributed by atoms with Gasteiger partial charge in [0.25, 0.3) is 0 Å². The average Bonchev–Trinajstić information content (AvgIpc) is 3.09. The van der Waals surface area contributed by atoms with Crippen molar-refractivity contribution in [2.24, 2.45) is 4.99 Å². The quantitative estimate of drug-likeness (QED) is 0.524. The summed E-state index contributed by atoms with van der Waals surface area (Å²) in [6.45, 7) is 2.41. The van der Waals surface area contributed by atoms with Crippen LogP contribution in [-0.2, 0) is 9.59 Å². The number of ether oxygens (including phenoxy) is 1.